The van der Waals surface area contributed by atoms with Crippen molar-refractivity contribution in [2.45, 2.75) is 32.9 Å². The molecule has 6 nitrogen and oxygen atoms in total. The zero-order valence-electron chi connectivity index (χ0n) is 15.0. The molecule has 1 aromatic heterocycles. The molecule has 0 aliphatic rings. The maximum Gasteiger partial charge on any atom is 0.422 e. The third kappa shape index (κ3) is 3.44. The van der Waals surface area contributed by atoms with Crippen molar-refractivity contribution in [3.05, 3.63) is 65.1 Å². The molecule has 0 spiro atoms. The highest BCUT2D eigenvalue weighted by Gasteiger charge is 2.33. The van der Waals surface area contributed by atoms with E-state index in [9.17, 15) is 14.8 Å². The maximum absolute atomic E-state index is 12.8. The first-order chi connectivity index (χ1) is 12.3. The van der Waals surface area contributed by atoms with Gasteiger partial charge in [-0.1, -0.05) is 42.5 Å². The second kappa shape index (κ2) is 6.63. The third-order valence-corrected chi connectivity index (χ3v) is 3.82. The molecule has 0 fully saturated rings. The van der Waals surface area contributed by atoms with Crippen LogP contribution in [0.1, 0.15) is 26.3 Å². The summed E-state index contributed by atoms with van der Waals surface area (Å²) in [7, 11) is 0. The molecule has 0 unspecified atom stereocenters. The molecule has 1 N–H and O–H groups in total. The summed E-state index contributed by atoms with van der Waals surface area (Å²) in [5.41, 5.74) is 0.547. The first-order valence-electron chi connectivity index (χ1n) is 8.32. The number of fused-ring (bicyclic) bond motifs is 1. The molecule has 0 aliphatic heterocycles. The van der Waals surface area contributed by atoms with E-state index in [4.69, 9.17) is 4.74 Å². The van der Waals surface area contributed by atoms with Gasteiger partial charge in [-0.15, -0.1) is 0 Å². The van der Waals surface area contributed by atoms with Crippen molar-refractivity contribution in [3.8, 4) is 5.88 Å². The smallest absolute Gasteiger partial charge is 0.422 e. The van der Waals surface area contributed by atoms with Crippen LogP contribution >= 0.6 is 0 Å². The Morgan fingerprint density at radius 3 is 2.35 bits per heavy atom. The lowest BCUT2D eigenvalue weighted by Gasteiger charge is -2.19. The minimum atomic E-state index is -0.731. The molecule has 6 heteroatoms. The van der Waals surface area contributed by atoms with E-state index in [0.717, 1.165) is 10.1 Å². The Balaban J connectivity index is 2.08. The summed E-state index contributed by atoms with van der Waals surface area (Å²) in [5.74, 6) is -0.425. The number of nitroso groups, excluding NO2 is 1. The van der Waals surface area contributed by atoms with Crippen molar-refractivity contribution in [2.24, 2.45) is 0 Å². The third-order valence-electron chi connectivity index (χ3n) is 3.82. The van der Waals surface area contributed by atoms with Crippen LogP contribution in [0.15, 0.2) is 54.6 Å². The molecule has 0 radical (unpaired) electrons. The van der Waals surface area contributed by atoms with Crippen molar-refractivity contribution in [1.82, 2.24) is 4.57 Å². The first kappa shape index (κ1) is 17.7. The fourth-order valence-electron chi connectivity index (χ4n) is 2.78. The molecule has 2 aromatic carbocycles. The van der Waals surface area contributed by atoms with E-state index in [-0.39, 0.29) is 12.2 Å². The van der Waals surface area contributed by atoms with Crippen LogP contribution in [-0.4, -0.2) is 26.1 Å². The van der Waals surface area contributed by atoms with Crippen molar-refractivity contribution in [3.63, 3.8) is 0 Å². The Bertz CT molecular complexity index is 969. The molecule has 0 amide bonds. The standard InChI is InChI=1S/C20H20N2O4/c1-20(2,3)26-19(24)22-16-12-8-7-11-15(16)17(18(22)23)21(25)13-14-9-5-4-6-10-14/h4-12H,13H2,1-3H3/p+1. The van der Waals surface area contributed by atoms with Gasteiger partial charge in [-0.25, -0.2) is 9.36 Å². The lowest BCUT2D eigenvalue weighted by Crippen LogP contribution is -2.26. The number of benzene rings is 2. The summed E-state index contributed by atoms with van der Waals surface area (Å²) in [6.07, 6.45) is -0.731. The van der Waals surface area contributed by atoms with Crippen molar-refractivity contribution in [1.29, 1.82) is 0 Å². The zero-order valence-corrected chi connectivity index (χ0v) is 15.0. The minimum Gasteiger partial charge on any atom is -0.489 e. The molecule has 0 saturated heterocycles. The number of nitrogens with zero attached hydrogens (tertiary/aromatic N) is 2. The second-order valence-electron chi connectivity index (χ2n) is 7.03. The number of aromatic nitrogens is 1. The van der Waals surface area contributed by atoms with E-state index in [1.165, 1.54) is 0 Å². The van der Waals surface area contributed by atoms with Gasteiger partial charge in [0, 0.05) is 15.2 Å². The maximum atomic E-state index is 12.8. The number of aromatic hydroxyl groups is 1. The van der Waals surface area contributed by atoms with Gasteiger partial charge < -0.3 is 9.84 Å². The van der Waals surface area contributed by atoms with E-state index < -0.39 is 17.6 Å². The van der Waals surface area contributed by atoms with E-state index in [0.29, 0.717) is 15.7 Å². The van der Waals surface area contributed by atoms with Gasteiger partial charge in [0.05, 0.1) is 10.9 Å². The summed E-state index contributed by atoms with van der Waals surface area (Å²) in [6.45, 7) is 5.27. The van der Waals surface area contributed by atoms with Gasteiger partial charge in [0.1, 0.15) is 5.60 Å². The molecule has 1 heterocycles. The normalized spacial score (nSPS) is 11.5. The van der Waals surface area contributed by atoms with Crippen LogP contribution in [0.25, 0.3) is 10.9 Å². The summed E-state index contributed by atoms with van der Waals surface area (Å²) in [6, 6.07) is 16.0. The molecule has 26 heavy (non-hydrogen) atoms. The topological polar surface area (TPSA) is 71.5 Å². The minimum absolute atomic E-state index is 0.0512. The number of carbonyl (C=O) groups is 1. The van der Waals surface area contributed by atoms with Crippen molar-refractivity contribution >= 4 is 22.7 Å². The monoisotopic (exact) mass is 353 g/mol. The quantitative estimate of drug-likeness (QED) is 0.690. The van der Waals surface area contributed by atoms with Crippen LogP contribution in [0, 0.1) is 4.91 Å². The molecule has 0 saturated carbocycles. The van der Waals surface area contributed by atoms with Gasteiger partial charge in [0.15, 0.2) is 0 Å². The summed E-state index contributed by atoms with van der Waals surface area (Å²) in [5, 5.41) is 11.1. The van der Waals surface area contributed by atoms with Gasteiger partial charge in [0.25, 0.3) is 5.88 Å². The summed E-state index contributed by atoms with van der Waals surface area (Å²) >= 11 is 0. The molecular weight excluding hydrogens is 332 g/mol. The van der Waals surface area contributed by atoms with Crippen LogP contribution in [0.4, 0.5) is 10.5 Å². The molecule has 3 rings (SSSR count). The summed E-state index contributed by atoms with van der Waals surface area (Å²) < 4.78 is 7.09. The Kier molecular flexibility index (Phi) is 4.50. The van der Waals surface area contributed by atoms with Gasteiger partial charge in [0.2, 0.25) is 6.54 Å². The summed E-state index contributed by atoms with van der Waals surface area (Å²) in [4.78, 5) is 25.3. The van der Waals surface area contributed by atoms with Gasteiger partial charge >= 0.3 is 11.8 Å². The van der Waals surface area contributed by atoms with E-state index in [2.05, 4.69) is 0 Å². The Hall–Kier alpha value is -3.15. The fourth-order valence-corrected chi connectivity index (χ4v) is 2.78. The van der Waals surface area contributed by atoms with Gasteiger partial charge in [-0.05, 0) is 32.9 Å². The highest BCUT2D eigenvalue weighted by atomic mass is 16.6. The lowest BCUT2D eigenvalue weighted by molar-refractivity contribution is -0.479. The predicted molar refractivity (Wildman–Crippen MR) is 98.7 cm³/mol. The molecule has 0 aliphatic carbocycles. The number of hydrogen-bond acceptors (Lipinski definition) is 4. The highest BCUT2D eigenvalue weighted by molar-refractivity contribution is 5.99. The van der Waals surface area contributed by atoms with Crippen LogP contribution in [0.3, 0.4) is 0 Å². The van der Waals surface area contributed by atoms with Gasteiger partial charge in [-0.3, -0.25) is 0 Å². The molecule has 0 bridgehead atoms. The predicted octanol–water partition coefficient (Wildman–Crippen LogP) is 4.74. The van der Waals surface area contributed by atoms with Crippen molar-refractivity contribution < 1.29 is 19.4 Å². The first-order valence-corrected chi connectivity index (χ1v) is 8.32. The highest BCUT2D eigenvalue weighted by Crippen LogP contribution is 2.39. The SMILES string of the molecule is CC(C)(C)OC(=O)n1c(O)c([N+](=O)Cc2ccccc2)c2ccccc21. The van der Waals surface area contributed by atoms with E-state index in [1.807, 2.05) is 30.3 Å². The number of hydrogen-bond donors (Lipinski definition) is 1. The van der Waals surface area contributed by atoms with Crippen LogP contribution in [-0.2, 0) is 11.3 Å². The largest absolute Gasteiger partial charge is 0.489 e. The van der Waals surface area contributed by atoms with Crippen molar-refractivity contribution in [2.75, 3.05) is 0 Å². The fraction of sp³-hybridized carbons (Fsp3) is 0.250. The Labute approximate surface area is 151 Å². The number of ether oxygens (including phenoxy) is 1. The molecule has 134 valence electrons. The number of rotatable bonds is 3. The van der Waals surface area contributed by atoms with Crippen LogP contribution < -0.4 is 0 Å². The average Bonchev–Trinajstić information content (AvgIpc) is 2.86. The lowest BCUT2D eigenvalue weighted by atomic mass is 10.2. The Morgan fingerprint density at radius 1 is 1.08 bits per heavy atom. The molecule has 0 atom stereocenters. The van der Waals surface area contributed by atoms with Crippen LogP contribution in [0.5, 0.6) is 5.88 Å². The van der Waals surface area contributed by atoms with Gasteiger partial charge in [-0.2, -0.15) is 0 Å². The molecule has 3 aromatic rings. The average molecular weight is 353 g/mol. The van der Waals surface area contributed by atoms with E-state index >= 15 is 0 Å². The number of carbonyl (C=O) groups excluding carboxylic acids is 1. The second-order valence-corrected chi connectivity index (χ2v) is 7.03. The Morgan fingerprint density at radius 2 is 1.69 bits per heavy atom. The zero-order chi connectivity index (χ0) is 18.9. The number of para-hydroxylation sites is 1. The van der Waals surface area contributed by atoms with Crippen LogP contribution in [0.2, 0.25) is 0 Å². The molecular formula is C20H21N2O4+. The van der Waals surface area contributed by atoms with E-state index in [1.54, 1.807) is 45.0 Å².